The summed E-state index contributed by atoms with van der Waals surface area (Å²) >= 11 is 0. The normalized spacial score (nSPS) is 17.9. The predicted molar refractivity (Wildman–Crippen MR) is 57.5 cm³/mol. The fourth-order valence-corrected chi connectivity index (χ4v) is 1.62. The largest absolute Gasteiger partial charge is 0.382 e. The van der Waals surface area contributed by atoms with Crippen molar-refractivity contribution in [1.82, 2.24) is 4.57 Å². The second-order valence-electron chi connectivity index (χ2n) is 4.14. The molecule has 0 amide bonds. The van der Waals surface area contributed by atoms with Crippen LogP contribution < -0.4 is 10.9 Å². The highest BCUT2D eigenvalue weighted by atomic mass is 16.1. The Morgan fingerprint density at radius 2 is 2.29 bits per heavy atom. The standard InChI is InChI=1S/C11H16N2O/c1-8(9-3-4-9)12-10-5-6-13(2)11(14)7-10/h5-9,12H,3-4H2,1-2H3. The van der Waals surface area contributed by atoms with E-state index in [-0.39, 0.29) is 5.56 Å². The van der Waals surface area contributed by atoms with Crippen LogP contribution in [0.25, 0.3) is 0 Å². The molecule has 1 saturated carbocycles. The van der Waals surface area contributed by atoms with E-state index in [1.807, 2.05) is 6.07 Å². The zero-order chi connectivity index (χ0) is 10.1. The first-order valence-electron chi connectivity index (χ1n) is 5.10. The topological polar surface area (TPSA) is 34.0 Å². The number of hydrogen-bond acceptors (Lipinski definition) is 2. The maximum Gasteiger partial charge on any atom is 0.252 e. The smallest absolute Gasteiger partial charge is 0.252 e. The summed E-state index contributed by atoms with van der Waals surface area (Å²) in [6, 6.07) is 4.08. The minimum atomic E-state index is 0.0398. The molecule has 0 bridgehead atoms. The first kappa shape index (κ1) is 9.31. The molecule has 14 heavy (non-hydrogen) atoms. The Kier molecular flexibility index (Phi) is 2.32. The minimum Gasteiger partial charge on any atom is -0.382 e. The van der Waals surface area contributed by atoms with Gasteiger partial charge in [0, 0.05) is 31.0 Å². The van der Waals surface area contributed by atoms with Crippen molar-refractivity contribution >= 4 is 5.69 Å². The molecule has 1 aliphatic rings. The molecule has 3 nitrogen and oxygen atoms in total. The molecule has 1 fully saturated rings. The molecular weight excluding hydrogens is 176 g/mol. The number of rotatable bonds is 3. The van der Waals surface area contributed by atoms with Crippen molar-refractivity contribution in [3.8, 4) is 0 Å². The van der Waals surface area contributed by atoms with Crippen molar-refractivity contribution in [2.75, 3.05) is 5.32 Å². The minimum absolute atomic E-state index is 0.0398. The van der Waals surface area contributed by atoms with Gasteiger partial charge in [-0.05, 0) is 31.7 Å². The Labute approximate surface area is 83.8 Å². The molecular formula is C11H16N2O. The average Bonchev–Trinajstić information content (AvgIpc) is 2.94. The summed E-state index contributed by atoms with van der Waals surface area (Å²) in [5.41, 5.74) is 0.977. The molecule has 1 heterocycles. The third-order valence-electron chi connectivity index (χ3n) is 2.83. The van der Waals surface area contributed by atoms with E-state index in [0.717, 1.165) is 11.6 Å². The SMILES string of the molecule is CC(Nc1ccn(C)c(=O)c1)C1CC1. The molecule has 0 radical (unpaired) electrons. The van der Waals surface area contributed by atoms with Crippen molar-refractivity contribution in [2.45, 2.75) is 25.8 Å². The van der Waals surface area contributed by atoms with E-state index < -0.39 is 0 Å². The lowest BCUT2D eigenvalue weighted by Crippen LogP contribution is -2.20. The number of anilines is 1. The van der Waals surface area contributed by atoms with Gasteiger partial charge in [0.25, 0.3) is 5.56 Å². The van der Waals surface area contributed by atoms with E-state index in [4.69, 9.17) is 0 Å². The van der Waals surface area contributed by atoms with Gasteiger partial charge >= 0.3 is 0 Å². The lowest BCUT2D eigenvalue weighted by molar-refractivity contribution is 0.693. The summed E-state index contributed by atoms with van der Waals surface area (Å²) in [7, 11) is 1.76. The number of aromatic nitrogens is 1. The van der Waals surface area contributed by atoms with E-state index >= 15 is 0 Å². The highest BCUT2D eigenvalue weighted by Gasteiger charge is 2.27. The number of nitrogens with one attached hydrogen (secondary N) is 1. The van der Waals surface area contributed by atoms with Gasteiger partial charge in [0.15, 0.2) is 0 Å². The van der Waals surface area contributed by atoms with Gasteiger partial charge < -0.3 is 9.88 Å². The lowest BCUT2D eigenvalue weighted by Gasteiger charge is -2.14. The Hall–Kier alpha value is -1.25. The van der Waals surface area contributed by atoms with Crippen LogP contribution in [0.3, 0.4) is 0 Å². The molecule has 1 aromatic heterocycles. The maximum absolute atomic E-state index is 11.3. The van der Waals surface area contributed by atoms with E-state index in [9.17, 15) is 4.79 Å². The summed E-state index contributed by atoms with van der Waals surface area (Å²) in [5, 5.41) is 3.36. The van der Waals surface area contributed by atoms with Crippen LogP contribution in [0.4, 0.5) is 5.69 Å². The highest BCUT2D eigenvalue weighted by Crippen LogP contribution is 2.33. The van der Waals surface area contributed by atoms with Crippen LogP contribution in [0.5, 0.6) is 0 Å². The molecule has 76 valence electrons. The maximum atomic E-state index is 11.3. The molecule has 1 aromatic rings. The second kappa shape index (κ2) is 3.48. The van der Waals surface area contributed by atoms with Crippen molar-refractivity contribution < 1.29 is 0 Å². The van der Waals surface area contributed by atoms with Crippen LogP contribution >= 0.6 is 0 Å². The molecule has 0 aliphatic heterocycles. The summed E-state index contributed by atoms with van der Waals surface area (Å²) in [4.78, 5) is 11.3. The molecule has 2 rings (SSSR count). The lowest BCUT2D eigenvalue weighted by atomic mass is 10.2. The number of aryl methyl sites for hydroxylation is 1. The summed E-state index contributed by atoms with van der Waals surface area (Å²) < 4.78 is 1.58. The van der Waals surface area contributed by atoms with Crippen LogP contribution in [0.15, 0.2) is 23.1 Å². The molecule has 1 aliphatic carbocycles. The predicted octanol–water partition coefficient (Wildman–Crippen LogP) is 1.60. The Balaban J connectivity index is 2.08. The zero-order valence-electron chi connectivity index (χ0n) is 8.66. The van der Waals surface area contributed by atoms with Gasteiger partial charge in [-0.3, -0.25) is 4.79 Å². The van der Waals surface area contributed by atoms with Gasteiger partial charge in [-0.25, -0.2) is 0 Å². The second-order valence-corrected chi connectivity index (χ2v) is 4.14. The van der Waals surface area contributed by atoms with Gasteiger partial charge in [0.05, 0.1) is 0 Å². The summed E-state index contributed by atoms with van der Waals surface area (Å²) in [5.74, 6) is 0.805. The van der Waals surface area contributed by atoms with Gasteiger partial charge in [0.1, 0.15) is 0 Å². The van der Waals surface area contributed by atoms with Crippen LogP contribution in [0.1, 0.15) is 19.8 Å². The first-order valence-corrected chi connectivity index (χ1v) is 5.10. The average molecular weight is 192 g/mol. The van der Waals surface area contributed by atoms with Gasteiger partial charge in [0.2, 0.25) is 0 Å². The fourth-order valence-electron chi connectivity index (χ4n) is 1.62. The van der Waals surface area contributed by atoms with E-state index in [0.29, 0.717) is 6.04 Å². The quantitative estimate of drug-likeness (QED) is 0.789. The molecule has 0 spiro atoms. The van der Waals surface area contributed by atoms with E-state index in [1.54, 1.807) is 23.9 Å². The Morgan fingerprint density at radius 3 is 2.86 bits per heavy atom. The third-order valence-corrected chi connectivity index (χ3v) is 2.83. The summed E-state index contributed by atoms with van der Waals surface area (Å²) in [6.07, 6.45) is 4.43. The van der Waals surface area contributed by atoms with Gasteiger partial charge in [-0.15, -0.1) is 0 Å². The van der Waals surface area contributed by atoms with Crippen LogP contribution in [0.2, 0.25) is 0 Å². The Morgan fingerprint density at radius 1 is 1.57 bits per heavy atom. The Bertz CT molecular complexity index is 379. The molecule has 0 aromatic carbocycles. The summed E-state index contributed by atoms with van der Waals surface area (Å²) in [6.45, 7) is 2.18. The van der Waals surface area contributed by atoms with Crippen molar-refractivity contribution in [3.63, 3.8) is 0 Å². The number of nitrogens with zero attached hydrogens (tertiary/aromatic N) is 1. The van der Waals surface area contributed by atoms with Crippen molar-refractivity contribution in [3.05, 3.63) is 28.7 Å². The van der Waals surface area contributed by atoms with Crippen molar-refractivity contribution in [2.24, 2.45) is 13.0 Å². The first-order chi connectivity index (χ1) is 6.66. The van der Waals surface area contributed by atoms with Gasteiger partial charge in [-0.1, -0.05) is 0 Å². The van der Waals surface area contributed by atoms with Gasteiger partial charge in [-0.2, -0.15) is 0 Å². The number of hydrogen-bond donors (Lipinski definition) is 1. The zero-order valence-corrected chi connectivity index (χ0v) is 8.66. The third kappa shape index (κ3) is 1.97. The molecule has 1 atom stereocenters. The molecule has 3 heteroatoms. The van der Waals surface area contributed by atoms with Crippen molar-refractivity contribution in [1.29, 1.82) is 0 Å². The van der Waals surface area contributed by atoms with Crippen LogP contribution in [-0.4, -0.2) is 10.6 Å². The monoisotopic (exact) mass is 192 g/mol. The number of pyridine rings is 1. The molecule has 0 saturated heterocycles. The van der Waals surface area contributed by atoms with Crippen LogP contribution in [-0.2, 0) is 7.05 Å². The molecule has 1 unspecified atom stereocenters. The van der Waals surface area contributed by atoms with Crippen LogP contribution in [0, 0.1) is 5.92 Å². The van der Waals surface area contributed by atoms with E-state index in [1.165, 1.54) is 12.8 Å². The fraction of sp³-hybridized carbons (Fsp3) is 0.545. The molecule has 1 N–H and O–H groups in total. The van der Waals surface area contributed by atoms with E-state index in [2.05, 4.69) is 12.2 Å². The highest BCUT2D eigenvalue weighted by molar-refractivity contribution is 5.42.